The lowest BCUT2D eigenvalue weighted by Gasteiger charge is -2.23. The summed E-state index contributed by atoms with van der Waals surface area (Å²) in [6, 6.07) is 7.43. The predicted molar refractivity (Wildman–Crippen MR) is 88.1 cm³/mol. The number of ether oxygens (including phenoxy) is 2. The summed E-state index contributed by atoms with van der Waals surface area (Å²) in [7, 11) is 1.61. The van der Waals surface area contributed by atoms with Gasteiger partial charge in [0.1, 0.15) is 22.7 Å². The van der Waals surface area contributed by atoms with E-state index < -0.39 is 11.7 Å². The zero-order valence-electron chi connectivity index (χ0n) is 14.3. The summed E-state index contributed by atoms with van der Waals surface area (Å²) in [6.07, 6.45) is -0.372. The van der Waals surface area contributed by atoms with Crippen LogP contribution in [0.4, 0.5) is 4.79 Å². The third kappa shape index (κ3) is 3.22. The quantitative estimate of drug-likeness (QED) is 0.839. The molecule has 1 unspecified atom stereocenters. The average molecular weight is 331 g/mol. The van der Waals surface area contributed by atoms with E-state index in [1.807, 2.05) is 24.3 Å². The Hall–Kier alpha value is -2.50. The molecule has 0 bridgehead atoms. The molecular weight excluding hydrogens is 310 g/mol. The van der Waals surface area contributed by atoms with Crippen LogP contribution in [-0.4, -0.2) is 36.2 Å². The number of imide groups is 1. The molecule has 0 radical (unpaired) electrons. The molecule has 6 nitrogen and oxygen atoms in total. The zero-order valence-corrected chi connectivity index (χ0v) is 14.3. The van der Waals surface area contributed by atoms with Crippen molar-refractivity contribution in [2.75, 3.05) is 13.7 Å². The summed E-state index contributed by atoms with van der Waals surface area (Å²) in [5, 5.41) is 0.910. The number of carbonyl (C=O) groups is 2. The average Bonchev–Trinajstić information content (AvgIpc) is 3.07. The van der Waals surface area contributed by atoms with Gasteiger partial charge in [-0.2, -0.15) is 0 Å². The molecule has 1 saturated heterocycles. The Morgan fingerprint density at radius 2 is 2.04 bits per heavy atom. The molecule has 1 aromatic heterocycles. The topological polar surface area (TPSA) is 69.0 Å². The minimum absolute atomic E-state index is 0.164. The van der Waals surface area contributed by atoms with E-state index in [1.165, 1.54) is 0 Å². The molecule has 3 rings (SSSR count). The largest absolute Gasteiger partial charge is 0.497 e. The van der Waals surface area contributed by atoms with Crippen LogP contribution in [0.1, 0.15) is 38.9 Å². The summed E-state index contributed by atoms with van der Waals surface area (Å²) in [5.41, 5.74) is 0.0970. The number of likely N-dealkylation sites (tertiary alicyclic amines) is 1. The first-order valence-corrected chi connectivity index (χ1v) is 7.87. The van der Waals surface area contributed by atoms with E-state index in [1.54, 1.807) is 27.9 Å². The minimum Gasteiger partial charge on any atom is -0.497 e. The molecule has 1 aliphatic heterocycles. The first-order chi connectivity index (χ1) is 11.3. The highest BCUT2D eigenvalue weighted by molar-refractivity contribution is 5.94. The lowest BCUT2D eigenvalue weighted by atomic mass is 10.1. The lowest BCUT2D eigenvalue weighted by molar-refractivity contribution is -0.127. The molecule has 128 valence electrons. The van der Waals surface area contributed by atoms with Gasteiger partial charge in [-0.3, -0.25) is 4.79 Å². The highest BCUT2D eigenvalue weighted by atomic mass is 16.6. The van der Waals surface area contributed by atoms with Gasteiger partial charge in [-0.05, 0) is 45.0 Å². The van der Waals surface area contributed by atoms with Crippen LogP contribution in [0.25, 0.3) is 11.0 Å². The molecule has 1 aromatic carbocycles. The fourth-order valence-corrected chi connectivity index (χ4v) is 2.76. The number of methoxy groups -OCH3 is 1. The number of nitrogens with zero attached hydrogens (tertiary/aromatic N) is 1. The van der Waals surface area contributed by atoms with Crippen LogP contribution < -0.4 is 4.74 Å². The Kier molecular flexibility index (Phi) is 3.99. The van der Waals surface area contributed by atoms with Crippen LogP contribution in [0.3, 0.4) is 0 Å². The molecule has 24 heavy (non-hydrogen) atoms. The van der Waals surface area contributed by atoms with Crippen LogP contribution in [0.2, 0.25) is 0 Å². The molecular formula is C18H21NO5. The molecule has 2 aromatic rings. The molecule has 1 aliphatic rings. The Bertz CT molecular complexity index is 786. The molecule has 0 saturated carbocycles. The number of rotatable bonds is 2. The van der Waals surface area contributed by atoms with E-state index in [4.69, 9.17) is 13.9 Å². The van der Waals surface area contributed by atoms with Gasteiger partial charge in [0.15, 0.2) is 0 Å². The second-order valence-corrected chi connectivity index (χ2v) is 6.94. The van der Waals surface area contributed by atoms with Crippen molar-refractivity contribution >= 4 is 23.0 Å². The maximum Gasteiger partial charge on any atom is 0.417 e. The van der Waals surface area contributed by atoms with Gasteiger partial charge in [0.25, 0.3) is 0 Å². The van der Waals surface area contributed by atoms with Crippen LogP contribution in [-0.2, 0) is 9.53 Å². The summed E-state index contributed by atoms with van der Waals surface area (Å²) < 4.78 is 16.3. The molecule has 6 heteroatoms. The van der Waals surface area contributed by atoms with Gasteiger partial charge in [0, 0.05) is 24.3 Å². The van der Waals surface area contributed by atoms with E-state index in [0.717, 1.165) is 21.6 Å². The van der Waals surface area contributed by atoms with Crippen LogP contribution >= 0.6 is 0 Å². The van der Waals surface area contributed by atoms with E-state index in [2.05, 4.69) is 0 Å². The molecule has 2 amide bonds. The number of hydrogen-bond donors (Lipinski definition) is 0. The third-order valence-electron chi connectivity index (χ3n) is 3.88. The first-order valence-electron chi connectivity index (χ1n) is 7.87. The molecule has 1 atom stereocenters. The van der Waals surface area contributed by atoms with Crippen LogP contribution in [0.15, 0.2) is 28.7 Å². The number of benzene rings is 1. The standard InChI is InChI=1S/C18H21NO5/c1-18(2,3)24-17(21)19-10-12(9-16(19)20)15-8-11-7-13(22-4)5-6-14(11)23-15/h5-8,12H,9-10H2,1-4H3. The number of hydrogen-bond acceptors (Lipinski definition) is 5. The molecule has 0 aliphatic carbocycles. The fourth-order valence-electron chi connectivity index (χ4n) is 2.76. The maximum atomic E-state index is 12.2. The smallest absolute Gasteiger partial charge is 0.417 e. The highest BCUT2D eigenvalue weighted by Crippen LogP contribution is 2.34. The Morgan fingerprint density at radius 1 is 1.29 bits per heavy atom. The monoisotopic (exact) mass is 331 g/mol. The number of amides is 2. The second kappa shape index (κ2) is 5.85. The minimum atomic E-state index is -0.634. The number of furan rings is 1. The predicted octanol–water partition coefficient (Wildman–Crippen LogP) is 3.69. The molecule has 0 spiro atoms. The van der Waals surface area contributed by atoms with E-state index in [9.17, 15) is 9.59 Å². The van der Waals surface area contributed by atoms with Crippen molar-refractivity contribution in [3.05, 3.63) is 30.0 Å². The Labute approximate surface area is 140 Å². The summed E-state index contributed by atoms with van der Waals surface area (Å²) in [4.78, 5) is 25.5. The van der Waals surface area contributed by atoms with Crippen molar-refractivity contribution in [1.82, 2.24) is 4.90 Å². The van der Waals surface area contributed by atoms with E-state index >= 15 is 0 Å². The van der Waals surface area contributed by atoms with Gasteiger partial charge in [-0.15, -0.1) is 0 Å². The van der Waals surface area contributed by atoms with Gasteiger partial charge in [-0.1, -0.05) is 0 Å². The Balaban J connectivity index is 1.79. The van der Waals surface area contributed by atoms with Crippen molar-refractivity contribution in [2.45, 2.75) is 38.7 Å². The summed E-state index contributed by atoms with van der Waals surface area (Å²) in [6.45, 7) is 5.59. The van der Waals surface area contributed by atoms with Crippen LogP contribution in [0.5, 0.6) is 5.75 Å². The van der Waals surface area contributed by atoms with Gasteiger partial charge in [-0.25, -0.2) is 9.69 Å². The first kappa shape index (κ1) is 16.4. The van der Waals surface area contributed by atoms with Gasteiger partial charge < -0.3 is 13.9 Å². The lowest BCUT2D eigenvalue weighted by Crippen LogP contribution is -2.37. The van der Waals surface area contributed by atoms with Crippen LogP contribution in [0, 0.1) is 0 Å². The molecule has 1 fully saturated rings. The van der Waals surface area contributed by atoms with E-state index in [0.29, 0.717) is 5.76 Å². The van der Waals surface area contributed by atoms with Gasteiger partial charge in [0.05, 0.1) is 7.11 Å². The van der Waals surface area contributed by atoms with Crippen molar-refractivity contribution in [1.29, 1.82) is 0 Å². The number of carbonyl (C=O) groups excluding carboxylic acids is 2. The summed E-state index contributed by atoms with van der Waals surface area (Å²) in [5.74, 6) is 1.03. The molecule has 2 heterocycles. The van der Waals surface area contributed by atoms with Gasteiger partial charge >= 0.3 is 6.09 Å². The Morgan fingerprint density at radius 3 is 2.71 bits per heavy atom. The SMILES string of the molecule is COc1ccc2oc(C3CC(=O)N(C(=O)OC(C)(C)C)C3)cc2c1. The number of fused-ring (bicyclic) bond motifs is 1. The zero-order chi connectivity index (χ0) is 17.5. The van der Waals surface area contributed by atoms with Gasteiger partial charge in [0.2, 0.25) is 5.91 Å². The highest BCUT2D eigenvalue weighted by Gasteiger charge is 2.38. The fraction of sp³-hybridized carbons (Fsp3) is 0.444. The van der Waals surface area contributed by atoms with Crippen molar-refractivity contribution in [3.63, 3.8) is 0 Å². The second-order valence-electron chi connectivity index (χ2n) is 6.94. The van der Waals surface area contributed by atoms with E-state index in [-0.39, 0.29) is 24.8 Å². The van der Waals surface area contributed by atoms with Crippen molar-refractivity contribution in [3.8, 4) is 5.75 Å². The molecule has 0 N–H and O–H groups in total. The van der Waals surface area contributed by atoms with Crippen molar-refractivity contribution < 1.29 is 23.5 Å². The summed E-state index contributed by atoms with van der Waals surface area (Å²) >= 11 is 0. The van der Waals surface area contributed by atoms with Crippen molar-refractivity contribution in [2.24, 2.45) is 0 Å². The maximum absolute atomic E-state index is 12.2. The normalized spacial score (nSPS) is 18.2. The third-order valence-corrected chi connectivity index (χ3v) is 3.88.